The van der Waals surface area contributed by atoms with Gasteiger partial charge in [-0.1, -0.05) is 24.6 Å². The van der Waals surface area contributed by atoms with Crippen molar-refractivity contribution >= 4 is 40.6 Å². The van der Waals surface area contributed by atoms with Crippen LogP contribution in [0, 0.1) is 0 Å². The average Bonchev–Trinajstić information content (AvgIpc) is 3.55. The Kier molecular flexibility index (Phi) is 10.4. The molecule has 3 rings (SSSR count). The standard InChI is InChI=1S/C26H36N6O7/c27-10-4-3-7-17(28)25(37)32-11-5-9-21(32)24(36)30-19(23(35)31-20(26(38)39)13-22(33)34)12-15-14-29-18-8-2-1-6-16(15)18/h1-2,6,8,14,17,19-21,29H,3-5,7,9-13,27-28H2,(H,30,36)(H,31,35)(H,33,34)(H,38,39). The summed E-state index contributed by atoms with van der Waals surface area (Å²) in [6, 6.07) is 2.80. The second-order valence-corrected chi connectivity index (χ2v) is 9.70. The number of carbonyl (C=O) groups is 5. The fourth-order valence-corrected chi connectivity index (χ4v) is 4.79. The molecule has 1 aliphatic heterocycles. The maximum atomic E-state index is 13.4. The van der Waals surface area contributed by atoms with Gasteiger partial charge in [-0.05, 0) is 43.9 Å². The molecule has 39 heavy (non-hydrogen) atoms. The number of carboxylic acids is 2. The lowest BCUT2D eigenvalue weighted by molar-refractivity contribution is -0.147. The molecule has 1 aliphatic rings. The second-order valence-electron chi connectivity index (χ2n) is 9.70. The first-order chi connectivity index (χ1) is 18.6. The van der Waals surface area contributed by atoms with Gasteiger partial charge in [0, 0.05) is 30.1 Å². The lowest BCUT2D eigenvalue weighted by Gasteiger charge is -2.28. The molecule has 1 saturated heterocycles. The molecule has 4 atom stereocenters. The Labute approximate surface area is 225 Å². The van der Waals surface area contributed by atoms with E-state index in [9.17, 15) is 29.1 Å². The first-order valence-corrected chi connectivity index (χ1v) is 13.0. The van der Waals surface area contributed by atoms with E-state index in [-0.39, 0.29) is 12.3 Å². The summed E-state index contributed by atoms with van der Waals surface area (Å²) in [6.07, 6.45) is 3.67. The van der Waals surface area contributed by atoms with Gasteiger partial charge >= 0.3 is 11.9 Å². The van der Waals surface area contributed by atoms with Crippen LogP contribution in [0.25, 0.3) is 10.9 Å². The Hall–Kier alpha value is -3.97. The fraction of sp³-hybridized carbons (Fsp3) is 0.500. The van der Waals surface area contributed by atoms with E-state index >= 15 is 0 Å². The zero-order chi connectivity index (χ0) is 28.5. The minimum absolute atomic E-state index is 0.000264. The number of benzene rings is 1. The van der Waals surface area contributed by atoms with Crippen molar-refractivity contribution < 1.29 is 34.2 Å². The van der Waals surface area contributed by atoms with E-state index in [4.69, 9.17) is 16.6 Å². The highest BCUT2D eigenvalue weighted by atomic mass is 16.4. The number of hydrogen-bond donors (Lipinski definition) is 7. The molecule has 0 bridgehead atoms. The topological polar surface area (TPSA) is 221 Å². The molecule has 9 N–H and O–H groups in total. The van der Waals surface area contributed by atoms with Crippen molar-refractivity contribution in [3.8, 4) is 0 Å². The Morgan fingerprint density at radius 2 is 1.82 bits per heavy atom. The van der Waals surface area contributed by atoms with Crippen molar-refractivity contribution in [2.75, 3.05) is 13.1 Å². The molecular formula is C26H36N6O7. The van der Waals surface area contributed by atoms with Crippen LogP contribution >= 0.6 is 0 Å². The van der Waals surface area contributed by atoms with Crippen LogP contribution in [0.2, 0.25) is 0 Å². The number of carboxylic acid groups (broad SMARTS) is 2. The number of likely N-dealkylation sites (tertiary alicyclic amines) is 1. The van der Waals surface area contributed by atoms with E-state index in [2.05, 4.69) is 15.6 Å². The number of aromatic nitrogens is 1. The van der Waals surface area contributed by atoms with E-state index in [0.29, 0.717) is 44.3 Å². The monoisotopic (exact) mass is 544 g/mol. The van der Waals surface area contributed by atoms with Crippen LogP contribution < -0.4 is 22.1 Å². The third kappa shape index (κ3) is 7.77. The van der Waals surface area contributed by atoms with Crippen LogP contribution in [-0.4, -0.2) is 87.0 Å². The third-order valence-electron chi connectivity index (χ3n) is 6.85. The Morgan fingerprint density at radius 1 is 1.08 bits per heavy atom. The van der Waals surface area contributed by atoms with Crippen LogP contribution in [0.5, 0.6) is 0 Å². The van der Waals surface area contributed by atoms with Crippen LogP contribution in [0.4, 0.5) is 0 Å². The number of unbranched alkanes of at least 4 members (excludes halogenated alkanes) is 1. The molecule has 0 radical (unpaired) electrons. The van der Waals surface area contributed by atoms with E-state index in [1.54, 1.807) is 6.20 Å². The van der Waals surface area contributed by atoms with Gasteiger partial charge in [-0.15, -0.1) is 0 Å². The van der Waals surface area contributed by atoms with E-state index in [0.717, 1.165) is 17.3 Å². The Balaban J connectivity index is 1.79. The minimum Gasteiger partial charge on any atom is -0.481 e. The van der Waals surface area contributed by atoms with Gasteiger partial charge in [0.05, 0.1) is 12.5 Å². The Bertz CT molecular complexity index is 1200. The first-order valence-electron chi connectivity index (χ1n) is 13.0. The molecule has 1 aromatic carbocycles. The average molecular weight is 545 g/mol. The van der Waals surface area contributed by atoms with Crippen molar-refractivity contribution in [1.29, 1.82) is 0 Å². The number of carbonyl (C=O) groups excluding carboxylic acids is 3. The molecule has 1 fully saturated rings. The number of aliphatic carboxylic acids is 2. The van der Waals surface area contributed by atoms with Crippen LogP contribution in [0.3, 0.4) is 0 Å². The fourth-order valence-electron chi connectivity index (χ4n) is 4.79. The predicted molar refractivity (Wildman–Crippen MR) is 141 cm³/mol. The number of fused-ring (bicyclic) bond motifs is 1. The lowest BCUT2D eigenvalue weighted by atomic mass is 10.0. The van der Waals surface area contributed by atoms with Gasteiger partial charge in [0.25, 0.3) is 0 Å². The van der Waals surface area contributed by atoms with Crippen molar-refractivity contribution in [1.82, 2.24) is 20.5 Å². The molecule has 1 aromatic heterocycles. The summed E-state index contributed by atoms with van der Waals surface area (Å²) in [5.74, 6) is -4.69. The molecule has 0 spiro atoms. The summed E-state index contributed by atoms with van der Waals surface area (Å²) in [5, 5.41) is 24.2. The number of para-hydroxylation sites is 1. The summed E-state index contributed by atoms with van der Waals surface area (Å²) in [5.41, 5.74) is 13.1. The van der Waals surface area contributed by atoms with E-state index in [1.807, 2.05) is 24.3 Å². The smallest absolute Gasteiger partial charge is 0.326 e. The number of rotatable bonds is 14. The van der Waals surface area contributed by atoms with Crippen LogP contribution in [0.1, 0.15) is 44.1 Å². The molecule has 212 valence electrons. The van der Waals surface area contributed by atoms with Gasteiger partial charge in [0.2, 0.25) is 17.7 Å². The summed E-state index contributed by atoms with van der Waals surface area (Å²) in [7, 11) is 0. The summed E-state index contributed by atoms with van der Waals surface area (Å²) < 4.78 is 0. The predicted octanol–water partition coefficient (Wildman–Crippen LogP) is -0.313. The second kappa shape index (κ2) is 13.7. The van der Waals surface area contributed by atoms with Gasteiger partial charge in [-0.2, -0.15) is 0 Å². The first kappa shape index (κ1) is 29.6. The lowest BCUT2D eigenvalue weighted by Crippen LogP contribution is -2.57. The molecule has 0 saturated carbocycles. The zero-order valence-corrected chi connectivity index (χ0v) is 21.6. The number of amides is 3. The molecule has 2 heterocycles. The molecule has 13 nitrogen and oxygen atoms in total. The zero-order valence-electron chi connectivity index (χ0n) is 21.6. The quantitative estimate of drug-likeness (QED) is 0.155. The molecule has 4 unspecified atom stereocenters. The van der Waals surface area contributed by atoms with Crippen molar-refractivity contribution in [3.05, 3.63) is 36.0 Å². The maximum Gasteiger partial charge on any atom is 0.326 e. The highest BCUT2D eigenvalue weighted by Crippen LogP contribution is 2.22. The SMILES string of the molecule is NCCCCC(N)C(=O)N1CCCC1C(=O)NC(Cc1c[nH]c2ccccc12)C(=O)NC(CC(=O)O)C(=O)O. The highest BCUT2D eigenvalue weighted by molar-refractivity contribution is 5.95. The maximum absolute atomic E-state index is 13.4. The molecule has 13 heteroatoms. The normalized spacial score (nSPS) is 17.4. The van der Waals surface area contributed by atoms with Gasteiger partial charge in [-0.3, -0.25) is 19.2 Å². The third-order valence-corrected chi connectivity index (χ3v) is 6.85. The van der Waals surface area contributed by atoms with Crippen molar-refractivity contribution in [2.24, 2.45) is 11.5 Å². The van der Waals surface area contributed by atoms with Gasteiger partial charge < -0.3 is 42.2 Å². The molecule has 2 aromatic rings. The van der Waals surface area contributed by atoms with Crippen LogP contribution in [0.15, 0.2) is 30.5 Å². The number of H-pyrrole nitrogens is 1. The number of hydrogen-bond acceptors (Lipinski definition) is 7. The number of nitrogens with two attached hydrogens (primary N) is 2. The highest BCUT2D eigenvalue weighted by Gasteiger charge is 2.38. The Morgan fingerprint density at radius 3 is 2.51 bits per heavy atom. The van der Waals surface area contributed by atoms with Gasteiger partial charge in [0.15, 0.2) is 0 Å². The molecule has 3 amide bonds. The summed E-state index contributed by atoms with van der Waals surface area (Å²) in [4.78, 5) is 66.8. The van der Waals surface area contributed by atoms with E-state index < -0.39 is 54.3 Å². The van der Waals surface area contributed by atoms with Crippen LogP contribution in [-0.2, 0) is 30.4 Å². The molecule has 0 aliphatic carbocycles. The number of aromatic amines is 1. The largest absolute Gasteiger partial charge is 0.481 e. The number of nitrogens with one attached hydrogen (secondary N) is 3. The minimum atomic E-state index is -1.69. The van der Waals surface area contributed by atoms with Gasteiger partial charge in [0.1, 0.15) is 18.1 Å². The van der Waals surface area contributed by atoms with Gasteiger partial charge in [-0.25, -0.2) is 4.79 Å². The van der Waals surface area contributed by atoms with E-state index in [1.165, 1.54) is 4.90 Å². The molecular weight excluding hydrogens is 508 g/mol. The summed E-state index contributed by atoms with van der Waals surface area (Å²) in [6.45, 7) is 0.839. The van der Waals surface area contributed by atoms with Crippen molar-refractivity contribution in [3.63, 3.8) is 0 Å². The summed E-state index contributed by atoms with van der Waals surface area (Å²) >= 11 is 0. The number of nitrogens with zero attached hydrogens (tertiary/aromatic N) is 1. The van der Waals surface area contributed by atoms with Crippen molar-refractivity contribution in [2.45, 2.75) is 69.1 Å².